The molecular formula is C15H18N2O4S. The maximum absolute atomic E-state index is 12.1. The van der Waals surface area contributed by atoms with Crippen molar-refractivity contribution in [2.45, 2.75) is 40.2 Å². The molecule has 1 N–H and O–H groups in total. The van der Waals surface area contributed by atoms with Crippen molar-refractivity contribution in [1.29, 1.82) is 0 Å². The zero-order chi connectivity index (χ0) is 16.3. The molecule has 1 amide bonds. The summed E-state index contributed by atoms with van der Waals surface area (Å²) in [5, 5.41) is 6.17. The first-order chi connectivity index (χ1) is 10.4. The smallest absolute Gasteiger partial charge is 0.349 e. The van der Waals surface area contributed by atoms with E-state index in [1.54, 1.807) is 19.1 Å². The third-order valence-electron chi connectivity index (χ3n) is 3.07. The van der Waals surface area contributed by atoms with Gasteiger partial charge in [-0.2, -0.15) is 0 Å². The SMILES string of the molecule is CCc1sc(C(=O)OC(C)C(=O)Nc2cc(C)no2)cc1C. The second-order valence-electron chi connectivity index (χ2n) is 4.94. The van der Waals surface area contributed by atoms with Crippen molar-refractivity contribution in [3.05, 3.63) is 33.1 Å². The summed E-state index contributed by atoms with van der Waals surface area (Å²) in [4.78, 5) is 25.7. The molecule has 0 aliphatic heterocycles. The predicted octanol–water partition coefficient (Wildman–Crippen LogP) is 3.10. The lowest BCUT2D eigenvalue weighted by atomic mass is 10.2. The summed E-state index contributed by atoms with van der Waals surface area (Å²) < 4.78 is 10.1. The summed E-state index contributed by atoms with van der Waals surface area (Å²) in [6.07, 6.45) is -0.0598. The number of rotatable bonds is 5. The molecule has 2 heterocycles. The predicted molar refractivity (Wildman–Crippen MR) is 83.2 cm³/mol. The number of aromatic nitrogens is 1. The summed E-state index contributed by atoms with van der Waals surface area (Å²) in [6, 6.07) is 3.37. The van der Waals surface area contributed by atoms with Crippen LogP contribution in [0.2, 0.25) is 0 Å². The van der Waals surface area contributed by atoms with Crippen LogP contribution in [-0.4, -0.2) is 23.1 Å². The number of hydrogen-bond donors (Lipinski definition) is 1. The average Bonchev–Trinajstić information content (AvgIpc) is 3.04. The van der Waals surface area contributed by atoms with Crippen LogP contribution in [0, 0.1) is 13.8 Å². The molecule has 0 aromatic carbocycles. The van der Waals surface area contributed by atoms with E-state index in [1.165, 1.54) is 18.3 Å². The van der Waals surface area contributed by atoms with Crippen LogP contribution in [0.5, 0.6) is 0 Å². The first-order valence-corrected chi connectivity index (χ1v) is 7.76. The molecule has 22 heavy (non-hydrogen) atoms. The number of esters is 1. The van der Waals surface area contributed by atoms with Gasteiger partial charge < -0.3 is 9.26 Å². The lowest BCUT2D eigenvalue weighted by Crippen LogP contribution is -2.29. The Hall–Kier alpha value is -2.15. The highest BCUT2D eigenvalue weighted by Crippen LogP contribution is 2.23. The van der Waals surface area contributed by atoms with E-state index in [4.69, 9.17) is 9.26 Å². The third kappa shape index (κ3) is 3.73. The molecule has 1 atom stereocenters. The molecule has 0 aliphatic rings. The minimum Gasteiger partial charge on any atom is -0.448 e. The zero-order valence-electron chi connectivity index (χ0n) is 12.9. The Bertz CT molecular complexity index is 690. The van der Waals surface area contributed by atoms with Crippen molar-refractivity contribution < 1.29 is 18.8 Å². The molecule has 0 radical (unpaired) electrons. The first-order valence-electron chi connectivity index (χ1n) is 6.95. The largest absolute Gasteiger partial charge is 0.448 e. The molecule has 2 rings (SSSR count). The fourth-order valence-electron chi connectivity index (χ4n) is 1.89. The van der Waals surface area contributed by atoms with E-state index in [1.807, 2.05) is 13.8 Å². The molecular weight excluding hydrogens is 304 g/mol. The summed E-state index contributed by atoms with van der Waals surface area (Å²) in [5.41, 5.74) is 1.72. The maximum atomic E-state index is 12.1. The number of aryl methyl sites for hydroxylation is 3. The van der Waals surface area contributed by atoms with Crippen molar-refractivity contribution in [3.8, 4) is 0 Å². The normalized spacial score (nSPS) is 12.0. The van der Waals surface area contributed by atoms with Gasteiger partial charge in [-0.05, 0) is 38.8 Å². The number of thiophene rings is 1. The maximum Gasteiger partial charge on any atom is 0.349 e. The highest BCUT2D eigenvalue weighted by molar-refractivity contribution is 7.14. The van der Waals surface area contributed by atoms with Crippen molar-refractivity contribution >= 4 is 29.1 Å². The molecule has 0 aliphatic carbocycles. The average molecular weight is 322 g/mol. The van der Waals surface area contributed by atoms with Crippen LogP contribution in [0.4, 0.5) is 5.88 Å². The van der Waals surface area contributed by atoms with Crippen molar-refractivity contribution in [2.24, 2.45) is 0 Å². The zero-order valence-corrected chi connectivity index (χ0v) is 13.7. The lowest BCUT2D eigenvalue weighted by Gasteiger charge is -2.11. The second-order valence-corrected chi connectivity index (χ2v) is 6.08. The minimum atomic E-state index is -0.926. The monoisotopic (exact) mass is 322 g/mol. The van der Waals surface area contributed by atoms with E-state index in [-0.39, 0.29) is 5.88 Å². The van der Waals surface area contributed by atoms with Gasteiger partial charge in [0, 0.05) is 10.9 Å². The molecule has 0 saturated heterocycles. The summed E-state index contributed by atoms with van der Waals surface area (Å²) in [6.45, 7) is 7.24. The Morgan fingerprint density at radius 1 is 1.41 bits per heavy atom. The van der Waals surface area contributed by atoms with Crippen molar-refractivity contribution in [3.63, 3.8) is 0 Å². The van der Waals surface area contributed by atoms with Gasteiger partial charge in [0.25, 0.3) is 5.91 Å². The summed E-state index contributed by atoms with van der Waals surface area (Å²) in [7, 11) is 0. The fourth-order valence-corrected chi connectivity index (χ4v) is 2.89. The molecule has 0 fully saturated rings. The van der Waals surface area contributed by atoms with Crippen LogP contribution in [0.3, 0.4) is 0 Å². The van der Waals surface area contributed by atoms with E-state index in [2.05, 4.69) is 10.5 Å². The topological polar surface area (TPSA) is 81.4 Å². The Balaban J connectivity index is 1.96. The van der Waals surface area contributed by atoms with Crippen LogP contribution in [0.15, 0.2) is 16.7 Å². The van der Waals surface area contributed by atoms with Crippen molar-refractivity contribution in [2.75, 3.05) is 5.32 Å². The molecule has 7 heteroatoms. The van der Waals surface area contributed by atoms with Crippen LogP contribution < -0.4 is 5.32 Å². The fraction of sp³-hybridized carbons (Fsp3) is 0.400. The van der Waals surface area contributed by atoms with Crippen LogP contribution in [-0.2, 0) is 16.0 Å². The van der Waals surface area contributed by atoms with Gasteiger partial charge in [-0.25, -0.2) is 4.79 Å². The number of carbonyl (C=O) groups is 2. The Morgan fingerprint density at radius 3 is 2.68 bits per heavy atom. The number of ether oxygens (including phenoxy) is 1. The van der Waals surface area contributed by atoms with E-state index in [0.29, 0.717) is 10.6 Å². The molecule has 0 bridgehead atoms. The molecule has 118 valence electrons. The van der Waals surface area contributed by atoms with Crippen LogP contribution in [0.25, 0.3) is 0 Å². The third-order valence-corrected chi connectivity index (χ3v) is 4.43. The van der Waals surface area contributed by atoms with Gasteiger partial charge in [0.1, 0.15) is 4.88 Å². The highest BCUT2D eigenvalue weighted by atomic mass is 32.1. The number of anilines is 1. The molecule has 2 aromatic rings. The number of amides is 1. The van der Waals surface area contributed by atoms with E-state index in [9.17, 15) is 9.59 Å². The highest BCUT2D eigenvalue weighted by Gasteiger charge is 2.21. The Kier molecular flexibility index (Phi) is 4.97. The van der Waals surface area contributed by atoms with Gasteiger partial charge in [-0.3, -0.25) is 10.1 Å². The van der Waals surface area contributed by atoms with Crippen LogP contribution >= 0.6 is 11.3 Å². The number of carbonyl (C=O) groups excluding carboxylic acids is 2. The lowest BCUT2D eigenvalue weighted by molar-refractivity contribution is -0.123. The molecule has 0 spiro atoms. The quantitative estimate of drug-likeness (QED) is 0.855. The van der Waals surface area contributed by atoms with E-state index >= 15 is 0 Å². The first kappa shape index (κ1) is 16.2. The minimum absolute atomic E-state index is 0.227. The molecule has 1 unspecified atom stereocenters. The second kappa shape index (κ2) is 6.74. The van der Waals surface area contributed by atoms with Crippen molar-refractivity contribution in [1.82, 2.24) is 5.16 Å². The molecule has 6 nitrogen and oxygen atoms in total. The van der Waals surface area contributed by atoms with Gasteiger partial charge in [0.05, 0.1) is 5.69 Å². The van der Waals surface area contributed by atoms with Gasteiger partial charge >= 0.3 is 5.97 Å². The van der Waals surface area contributed by atoms with E-state index in [0.717, 1.165) is 16.9 Å². The Morgan fingerprint density at radius 2 is 2.14 bits per heavy atom. The summed E-state index contributed by atoms with van der Waals surface area (Å²) >= 11 is 1.39. The standard InChI is InChI=1S/C15H18N2O4S/c1-5-11-8(2)6-12(22-11)15(19)20-10(4)14(18)16-13-7-9(3)17-21-13/h6-7,10H,5H2,1-4H3,(H,16,18). The molecule has 0 saturated carbocycles. The Labute approximate surface area is 132 Å². The molecule has 2 aromatic heterocycles. The summed E-state index contributed by atoms with van der Waals surface area (Å²) in [5.74, 6) is -0.733. The van der Waals surface area contributed by atoms with Gasteiger partial charge in [0.15, 0.2) is 6.10 Å². The van der Waals surface area contributed by atoms with Gasteiger partial charge in [-0.1, -0.05) is 12.1 Å². The van der Waals surface area contributed by atoms with E-state index < -0.39 is 18.0 Å². The number of nitrogens with zero attached hydrogens (tertiary/aromatic N) is 1. The van der Waals surface area contributed by atoms with Gasteiger partial charge in [0.2, 0.25) is 5.88 Å². The van der Waals surface area contributed by atoms with Crippen LogP contribution in [0.1, 0.15) is 39.7 Å². The number of nitrogens with one attached hydrogen (secondary N) is 1. The van der Waals surface area contributed by atoms with Gasteiger partial charge in [-0.15, -0.1) is 11.3 Å². The number of hydrogen-bond acceptors (Lipinski definition) is 6.